The average molecular weight is 507 g/mol. The summed E-state index contributed by atoms with van der Waals surface area (Å²) in [5, 5.41) is 3.19. The zero-order valence-corrected chi connectivity index (χ0v) is 17.6. The van der Waals surface area contributed by atoms with Crippen LogP contribution in [0.3, 0.4) is 0 Å². The number of sulfone groups is 1. The lowest BCUT2D eigenvalue weighted by Gasteiger charge is -2.36. The Bertz CT molecular complexity index is 607. The van der Waals surface area contributed by atoms with Crippen LogP contribution in [0.1, 0.15) is 24.8 Å². The molecule has 0 aromatic heterocycles. The van der Waals surface area contributed by atoms with Crippen molar-refractivity contribution in [2.24, 2.45) is 5.41 Å². The fourth-order valence-electron chi connectivity index (χ4n) is 3.07. The lowest BCUT2D eigenvalue weighted by molar-refractivity contribution is -0.137. The number of ether oxygens (including phenoxy) is 1. The van der Waals surface area contributed by atoms with Crippen molar-refractivity contribution in [3.8, 4) is 0 Å². The molecular weight excluding hydrogens is 482 g/mol. The molecule has 0 aliphatic carbocycles. The molecule has 0 unspecified atom stereocenters. The minimum Gasteiger partial charge on any atom is -0.381 e. The van der Waals surface area contributed by atoms with Crippen LogP contribution >= 0.6 is 24.0 Å². The predicted molar refractivity (Wildman–Crippen MR) is 105 cm³/mol. The Morgan fingerprint density at radius 1 is 1.04 bits per heavy atom. The highest BCUT2D eigenvalue weighted by Crippen LogP contribution is 2.37. The van der Waals surface area contributed by atoms with Gasteiger partial charge in [-0.05, 0) is 25.8 Å². The molecular formula is C17H25F3INO3S. The molecule has 0 amide bonds. The predicted octanol–water partition coefficient (Wildman–Crippen LogP) is 3.51. The van der Waals surface area contributed by atoms with Gasteiger partial charge in [0.15, 0.2) is 9.84 Å². The highest BCUT2D eigenvalue weighted by atomic mass is 127. The Morgan fingerprint density at radius 3 is 1.92 bits per heavy atom. The SMILES string of the molecule is C1CCOC1.FC(F)(F)c1ccccc1.I.O=S1(=O)CC2(CCNC2)C1. The van der Waals surface area contributed by atoms with Gasteiger partial charge in [-0.2, -0.15) is 13.2 Å². The van der Waals surface area contributed by atoms with Gasteiger partial charge < -0.3 is 10.1 Å². The summed E-state index contributed by atoms with van der Waals surface area (Å²) in [6, 6.07) is 6.36. The van der Waals surface area contributed by atoms with Gasteiger partial charge in [-0.3, -0.25) is 0 Å². The second-order valence-electron chi connectivity index (χ2n) is 6.64. The molecule has 1 N–H and O–H groups in total. The summed E-state index contributed by atoms with van der Waals surface area (Å²) in [6.45, 7) is 3.90. The summed E-state index contributed by atoms with van der Waals surface area (Å²) in [5.74, 6) is 0.847. The number of rotatable bonds is 0. The Balaban J connectivity index is 0.000000202. The van der Waals surface area contributed by atoms with Crippen LogP contribution < -0.4 is 5.32 Å². The van der Waals surface area contributed by atoms with Crippen LogP contribution in [0.15, 0.2) is 30.3 Å². The first-order valence-electron chi connectivity index (χ1n) is 8.34. The lowest BCUT2D eigenvalue weighted by Crippen LogP contribution is -2.49. The van der Waals surface area contributed by atoms with Gasteiger partial charge in [0.05, 0.1) is 17.1 Å². The van der Waals surface area contributed by atoms with Gasteiger partial charge in [0.25, 0.3) is 0 Å². The fourth-order valence-corrected chi connectivity index (χ4v) is 5.34. The highest BCUT2D eigenvalue weighted by Gasteiger charge is 2.49. The summed E-state index contributed by atoms with van der Waals surface area (Å²) in [5.41, 5.74) is -0.450. The largest absolute Gasteiger partial charge is 0.416 e. The number of nitrogens with one attached hydrogen (secondary N) is 1. The first-order valence-corrected chi connectivity index (χ1v) is 10.2. The van der Waals surface area contributed by atoms with E-state index in [2.05, 4.69) is 5.32 Å². The molecule has 3 saturated heterocycles. The molecule has 3 heterocycles. The summed E-state index contributed by atoms with van der Waals surface area (Å²) in [6.07, 6.45) is -0.604. The van der Waals surface area contributed by atoms with E-state index in [0.717, 1.165) is 44.9 Å². The van der Waals surface area contributed by atoms with Gasteiger partial charge in [0.1, 0.15) is 0 Å². The third kappa shape index (κ3) is 7.69. The molecule has 3 aliphatic heterocycles. The minimum absolute atomic E-state index is 0. The molecule has 4 nitrogen and oxygen atoms in total. The van der Waals surface area contributed by atoms with Crippen molar-refractivity contribution in [2.45, 2.75) is 25.4 Å². The molecule has 0 atom stereocenters. The van der Waals surface area contributed by atoms with Gasteiger partial charge in [0, 0.05) is 25.2 Å². The van der Waals surface area contributed by atoms with Crippen molar-refractivity contribution >= 4 is 33.8 Å². The number of alkyl halides is 3. The topological polar surface area (TPSA) is 55.4 Å². The molecule has 0 bridgehead atoms. The van der Waals surface area contributed by atoms with Gasteiger partial charge in [-0.15, -0.1) is 24.0 Å². The van der Waals surface area contributed by atoms with E-state index < -0.39 is 21.6 Å². The maximum atomic E-state index is 11.8. The van der Waals surface area contributed by atoms with E-state index in [1.165, 1.54) is 25.0 Å². The molecule has 1 aromatic rings. The summed E-state index contributed by atoms with van der Waals surface area (Å²) in [4.78, 5) is 0. The summed E-state index contributed by atoms with van der Waals surface area (Å²) >= 11 is 0. The fraction of sp³-hybridized carbons (Fsp3) is 0.647. The van der Waals surface area contributed by atoms with Crippen molar-refractivity contribution < 1.29 is 26.3 Å². The van der Waals surface area contributed by atoms with Gasteiger partial charge in [-0.1, -0.05) is 30.3 Å². The van der Waals surface area contributed by atoms with Crippen molar-refractivity contribution in [1.82, 2.24) is 5.32 Å². The number of hydrogen-bond donors (Lipinski definition) is 1. The molecule has 1 spiro atoms. The van der Waals surface area contributed by atoms with E-state index in [1.807, 2.05) is 0 Å². The standard InChI is InChI=1S/C7H5F3.C6H11NO2S.C4H8O.HI/c8-7(9,10)6-4-2-1-3-5-6;8-10(9)4-6(5-10)1-2-7-3-6;1-2-4-5-3-1;/h1-5H;7H,1-5H2;1-4H2;1H. The van der Waals surface area contributed by atoms with Crippen LogP contribution in [0, 0.1) is 5.41 Å². The maximum absolute atomic E-state index is 11.8. The van der Waals surface area contributed by atoms with E-state index in [0.29, 0.717) is 11.5 Å². The number of hydrogen-bond acceptors (Lipinski definition) is 4. The zero-order valence-electron chi connectivity index (χ0n) is 14.4. The quantitative estimate of drug-likeness (QED) is 0.547. The van der Waals surface area contributed by atoms with Crippen molar-refractivity contribution in [3.05, 3.63) is 35.9 Å². The first-order chi connectivity index (χ1) is 11.7. The zero-order chi connectivity index (χ0) is 18.4. The first kappa shape index (κ1) is 23.6. The third-order valence-corrected chi connectivity index (χ3v) is 6.42. The van der Waals surface area contributed by atoms with Crippen molar-refractivity contribution in [2.75, 3.05) is 37.8 Å². The van der Waals surface area contributed by atoms with Crippen molar-refractivity contribution in [3.63, 3.8) is 0 Å². The second-order valence-corrected chi connectivity index (χ2v) is 8.71. The maximum Gasteiger partial charge on any atom is 0.416 e. The minimum atomic E-state index is -4.21. The molecule has 3 aliphatic rings. The van der Waals surface area contributed by atoms with Crippen LogP contribution in [0.25, 0.3) is 0 Å². The van der Waals surface area contributed by atoms with Crippen LogP contribution in [-0.4, -0.2) is 46.2 Å². The Labute approximate surface area is 169 Å². The molecule has 0 radical (unpaired) electrons. The van der Waals surface area contributed by atoms with E-state index in [9.17, 15) is 21.6 Å². The molecule has 150 valence electrons. The van der Waals surface area contributed by atoms with E-state index in [-0.39, 0.29) is 29.4 Å². The number of halogens is 4. The van der Waals surface area contributed by atoms with E-state index >= 15 is 0 Å². The van der Waals surface area contributed by atoms with Crippen molar-refractivity contribution in [1.29, 1.82) is 0 Å². The Hall–Kier alpha value is -0.390. The van der Waals surface area contributed by atoms with E-state index in [4.69, 9.17) is 4.74 Å². The van der Waals surface area contributed by atoms with Gasteiger partial charge in [-0.25, -0.2) is 8.42 Å². The second kappa shape index (κ2) is 10.2. The molecule has 26 heavy (non-hydrogen) atoms. The Kier molecular flexibility index (Phi) is 9.31. The average Bonchev–Trinajstić information content (AvgIpc) is 3.21. The molecule has 1 aromatic carbocycles. The summed E-state index contributed by atoms with van der Waals surface area (Å²) < 4.78 is 61.9. The van der Waals surface area contributed by atoms with Crippen LogP contribution in [0.5, 0.6) is 0 Å². The van der Waals surface area contributed by atoms with Crippen LogP contribution in [0.2, 0.25) is 0 Å². The smallest absolute Gasteiger partial charge is 0.381 e. The van der Waals surface area contributed by atoms with Crippen LogP contribution in [0.4, 0.5) is 13.2 Å². The Morgan fingerprint density at radius 2 is 1.62 bits per heavy atom. The molecule has 3 fully saturated rings. The molecule has 9 heteroatoms. The lowest BCUT2D eigenvalue weighted by atomic mass is 9.91. The molecule has 4 rings (SSSR count). The van der Waals surface area contributed by atoms with Gasteiger partial charge in [0.2, 0.25) is 0 Å². The van der Waals surface area contributed by atoms with Crippen LogP contribution in [-0.2, 0) is 20.8 Å². The summed E-state index contributed by atoms with van der Waals surface area (Å²) in [7, 11) is -2.61. The number of benzene rings is 1. The van der Waals surface area contributed by atoms with Gasteiger partial charge >= 0.3 is 6.18 Å². The van der Waals surface area contributed by atoms with E-state index in [1.54, 1.807) is 6.07 Å². The normalized spacial score (nSPS) is 22.1. The highest BCUT2D eigenvalue weighted by molar-refractivity contribution is 14.0. The third-order valence-electron chi connectivity index (χ3n) is 4.31. The monoisotopic (exact) mass is 507 g/mol. The molecule has 0 saturated carbocycles.